The maximum absolute atomic E-state index is 6.41. The maximum Gasteiger partial charge on any atom is 0.00671 e. The highest BCUT2D eigenvalue weighted by atomic mass is 14.6. The van der Waals surface area contributed by atoms with Crippen LogP contribution in [-0.2, 0) is 0 Å². The third kappa shape index (κ3) is 7.34. The number of unbranched alkanes of at least 4 members (excludes halogenated alkanes) is 5. The number of hydrogen-bond acceptors (Lipinski definition) is 1. The molecule has 1 aliphatic rings. The van der Waals surface area contributed by atoms with Gasteiger partial charge < -0.3 is 5.73 Å². The highest BCUT2D eigenvalue weighted by Gasteiger charge is 2.24. The molecule has 1 aliphatic carbocycles. The fourth-order valence-corrected chi connectivity index (χ4v) is 3.71. The van der Waals surface area contributed by atoms with Crippen molar-refractivity contribution < 1.29 is 0 Å². The molecule has 1 rings (SSSR count). The molecule has 1 heteroatoms. The Morgan fingerprint density at radius 1 is 0.842 bits per heavy atom. The molecule has 1 saturated carbocycles. The lowest BCUT2D eigenvalue weighted by molar-refractivity contribution is 0.226. The van der Waals surface area contributed by atoms with Crippen LogP contribution in [-0.4, -0.2) is 6.04 Å². The van der Waals surface area contributed by atoms with Crippen LogP contribution in [0.4, 0.5) is 0 Å². The van der Waals surface area contributed by atoms with E-state index in [1.54, 1.807) is 0 Å². The number of nitrogens with two attached hydrogens (primary N) is 1. The van der Waals surface area contributed by atoms with Crippen molar-refractivity contribution in [2.45, 2.75) is 103 Å². The molecule has 1 atom stereocenters. The molecule has 0 aromatic heterocycles. The lowest BCUT2D eigenvalue weighted by Crippen LogP contribution is -2.33. The average molecular weight is 268 g/mol. The quantitative estimate of drug-likeness (QED) is 0.507. The van der Waals surface area contributed by atoms with Crippen LogP contribution in [0.1, 0.15) is 97.3 Å². The Kier molecular flexibility index (Phi) is 9.59. The van der Waals surface area contributed by atoms with E-state index in [0.29, 0.717) is 6.04 Å². The molecule has 0 aromatic carbocycles. The number of hydrogen-bond donors (Lipinski definition) is 1. The molecule has 114 valence electrons. The van der Waals surface area contributed by atoms with E-state index in [0.717, 1.165) is 11.8 Å². The second kappa shape index (κ2) is 10.7. The van der Waals surface area contributed by atoms with Gasteiger partial charge in [-0.25, -0.2) is 0 Å². The third-order valence-electron chi connectivity index (χ3n) is 5.08. The van der Waals surface area contributed by atoms with Gasteiger partial charge in [0, 0.05) is 6.04 Å². The van der Waals surface area contributed by atoms with Crippen LogP contribution in [0.3, 0.4) is 0 Å². The van der Waals surface area contributed by atoms with Crippen LogP contribution in [0, 0.1) is 11.8 Å². The monoisotopic (exact) mass is 267 g/mol. The highest BCUT2D eigenvalue weighted by molar-refractivity contribution is 4.79. The third-order valence-corrected chi connectivity index (χ3v) is 5.08. The molecule has 0 bridgehead atoms. The van der Waals surface area contributed by atoms with Gasteiger partial charge in [0.05, 0.1) is 0 Å². The molecule has 1 fully saturated rings. The van der Waals surface area contributed by atoms with Gasteiger partial charge >= 0.3 is 0 Å². The normalized spacial score (nSPS) is 25.4. The van der Waals surface area contributed by atoms with Crippen molar-refractivity contribution in [3.8, 4) is 0 Å². The predicted molar refractivity (Wildman–Crippen MR) is 86.3 cm³/mol. The van der Waals surface area contributed by atoms with E-state index in [1.165, 1.54) is 83.5 Å². The summed E-state index contributed by atoms with van der Waals surface area (Å²) in [6.07, 6.45) is 18.1. The second-order valence-electron chi connectivity index (χ2n) is 6.79. The Labute approximate surface area is 121 Å². The number of rotatable bonds is 10. The van der Waals surface area contributed by atoms with E-state index in [1.807, 2.05) is 0 Å². The minimum Gasteiger partial charge on any atom is -0.327 e. The second-order valence-corrected chi connectivity index (χ2v) is 6.79. The summed E-state index contributed by atoms with van der Waals surface area (Å²) in [4.78, 5) is 0. The van der Waals surface area contributed by atoms with Gasteiger partial charge in [-0.15, -0.1) is 0 Å². The van der Waals surface area contributed by atoms with E-state index in [-0.39, 0.29) is 0 Å². The van der Waals surface area contributed by atoms with Crippen LogP contribution in [0.25, 0.3) is 0 Å². The first-order chi connectivity index (χ1) is 9.27. The topological polar surface area (TPSA) is 26.0 Å². The van der Waals surface area contributed by atoms with E-state index >= 15 is 0 Å². The van der Waals surface area contributed by atoms with Crippen molar-refractivity contribution in [2.75, 3.05) is 0 Å². The Balaban J connectivity index is 2.02. The first kappa shape index (κ1) is 17.0. The Hall–Kier alpha value is -0.0400. The standard InChI is InChI=1S/C18H37N/c1-3-5-6-7-8-9-11-18(19)17-14-12-16(10-4-2)13-15-17/h16-18H,3-15,19H2,1-2H3. The molecule has 0 amide bonds. The molecule has 2 N–H and O–H groups in total. The van der Waals surface area contributed by atoms with E-state index in [9.17, 15) is 0 Å². The lowest BCUT2D eigenvalue weighted by Gasteiger charge is -2.32. The molecule has 0 saturated heterocycles. The summed E-state index contributed by atoms with van der Waals surface area (Å²) in [5, 5.41) is 0. The summed E-state index contributed by atoms with van der Waals surface area (Å²) in [5.74, 6) is 1.85. The summed E-state index contributed by atoms with van der Waals surface area (Å²) in [6, 6.07) is 0.494. The molecular formula is C18H37N. The SMILES string of the molecule is CCCCCCCCC(N)C1CCC(CCC)CC1. The van der Waals surface area contributed by atoms with Gasteiger partial charge in [0.2, 0.25) is 0 Å². The summed E-state index contributed by atoms with van der Waals surface area (Å²) in [7, 11) is 0. The molecule has 1 nitrogen and oxygen atoms in total. The first-order valence-corrected chi connectivity index (χ1v) is 9.03. The molecule has 0 aliphatic heterocycles. The molecule has 1 unspecified atom stereocenters. The fraction of sp³-hybridized carbons (Fsp3) is 1.00. The summed E-state index contributed by atoms with van der Waals surface area (Å²) in [5.41, 5.74) is 6.41. The smallest absolute Gasteiger partial charge is 0.00671 e. The van der Waals surface area contributed by atoms with Crippen LogP contribution >= 0.6 is 0 Å². The Morgan fingerprint density at radius 2 is 1.47 bits per heavy atom. The summed E-state index contributed by atoms with van der Waals surface area (Å²) >= 11 is 0. The van der Waals surface area contributed by atoms with Crippen molar-refractivity contribution in [3.63, 3.8) is 0 Å². The average Bonchev–Trinajstić information content (AvgIpc) is 2.43. The van der Waals surface area contributed by atoms with Gasteiger partial charge in [-0.3, -0.25) is 0 Å². The Bertz CT molecular complexity index is 194. The molecule has 19 heavy (non-hydrogen) atoms. The molecular weight excluding hydrogens is 230 g/mol. The van der Waals surface area contributed by atoms with E-state index in [4.69, 9.17) is 5.73 Å². The lowest BCUT2D eigenvalue weighted by atomic mass is 9.76. The van der Waals surface area contributed by atoms with Gasteiger partial charge in [0.25, 0.3) is 0 Å². The molecule has 0 heterocycles. The summed E-state index contributed by atoms with van der Waals surface area (Å²) < 4.78 is 0. The minimum absolute atomic E-state index is 0.494. The van der Waals surface area contributed by atoms with Gasteiger partial charge in [0.15, 0.2) is 0 Å². The van der Waals surface area contributed by atoms with Gasteiger partial charge in [-0.05, 0) is 31.1 Å². The van der Waals surface area contributed by atoms with E-state index < -0.39 is 0 Å². The van der Waals surface area contributed by atoms with Crippen molar-refractivity contribution >= 4 is 0 Å². The van der Waals surface area contributed by atoms with Crippen LogP contribution in [0.2, 0.25) is 0 Å². The fourth-order valence-electron chi connectivity index (χ4n) is 3.71. The molecule has 0 spiro atoms. The minimum atomic E-state index is 0.494. The van der Waals surface area contributed by atoms with Gasteiger partial charge in [-0.1, -0.05) is 78.1 Å². The predicted octanol–water partition coefficient (Wildman–Crippen LogP) is 5.67. The van der Waals surface area contributed by atoms with Crippen LogP contribution in [0.5, 0.6) is 0 Å². The summed E-state index contributed by atoms with van der Waals surface area (Å²) in [6.45, 7) is 4.60. The largest absolute Gasteiger partial charge is 0.327 e. The van der Waals surface area contributed by atoms with Crippen molar-refractivity contribution in [1.82, 2.24) is 0 Å². The zero-order valence-corrected chi connectivity index (χ0v) is 13.5. The Morgan fingerprint density at radius 3 is 2.11 bits per heavy atom. The van der Waals surface area contributed by atoms with Crippen molar-refractivity contribution in [3.05, 3.63) is 0 Å². The maximum atomic E-state index is 6.41. The zero-order valence-electron chi connectivity index (χ0n) is 13.5. The van der Waals surface area contributed by atoms with E-state index in [2.05, 4.69) is 13.8 Å². The van der Waals surface area contributed by atoms with Gasteiger partial charge in [0.1, 0.15) is 0 Å². The highest BCUT2D eigenvalue weighted by Crippen LogP contribution is 2.33. The van der Waals surface area contributed by atoms with Gasteiger partial charge in [-0.2, -0.15) is 0 Å². The molecule has 0 radical (unpaired) electrons. The molecule has 0 aromatic rings. The zero-order chi connectivity index (χ0) is 13.9. The van der Waals surface area contributed by atoms with Crippen molar-refractivity contribution in [2.24, 2.45) is 17.6 Å². The van der Waals surface area contributed by atoms with Crippen molar-refractivity contribution in [1.29, 1.82) is 0 Å². The van der Waals surface area contributed by atoms with Crippen LogP contribution < -0.4 is 5.73 Å². The first-order valence-electron chi connectivity index (χ1n) is 9.03. The van der Waals surface area contributed by atoms with Crippen LogP contribution in [0.15, 0.2) is 0 Å².